The van der Waals surface area contributed by atoms with Gasteiger partial charge in [0, 0.05) is 59.1 Å². The van der Waals surface area contributed by atoms with Gasteiger partial charge in [0.2, 0.25) is 11.8 Å². The lowest BCUT2D eigenvalue weighted by Crippen LogP contribution is -2.47. The number of nitrogens with zero attached hydrogens (tertiary/aromatic N) is 2. The summed E-state index contributed by atoms with van der Waals surface area (Å²) in [5.41, 5.74) is 10.1. The number of aliphatic carboxylic acids is 2. The van der Waals surface area contributed by atoms with Gasteiger partial charge in [-0.1, -0.05) is 50.3 Å². The molecule has 2 aliphatic carbocycles. The number of H-pyrrole nitrogens is 2. The molecule has 60 heavy (non-hydrogen) atoms. The van der Waals surface area contributed by atoms with E-state index in [0.29, 0.717) is 12.1 Å². The minimum atomic E-state index is -2.27. The zero-order valence-electron chi connectivity index (χ0n) is 34.6. The number of aliphatic hydroxyl groups excluding tert-OH is 2. The van der Waals surface area contributed by atoms with E-state index in [1.807, 2.05) is 0 Å². The van der Waals surface area contributed by atoms with Crippen molar-refractivity contribution < 1.29 is 39.6 Å². The van der Waals surface area contributed by atoms with Crippen molar-refractivity contribution in [2.24, 2.45) is 11.8 Å². The maximum atomic E-state index is 12.7. The van der Waals surface area contributed by atoms with Gasteiger partial charge in [0.25, 0.3) is 0 Å². The number of aromatic nitrogens is 2. The second kappa shape index (κ2) is 18.7. The van der Waals surface area contributed by atoms with Crippen molar-refractivity contribution in [1.82, 2.24) is 30.4 Å². The van der Waals surface area contributed by atoms with E-state index in [9.17, 15) is 19.2 Å². The SMILES string of the molecule is CC[C@@H](C)NC(=O)[C@@H]1C=C2c3cccc4[nH]c(Br)c(c34)C[C@H]2N(C)C1.CC[C@@H](C)NC(=O)[C@@H]1C=C2c3cccc4[nH]c(Br)c(c34)C[C@H]2N(C)C1.O=C(O)C(O)C(O)C(=O)O. The van der Waals surface area contributed by atoms with Crippen LogP contribution in [0.5, 0.6) is 0 Å². The van der Waals surface area contributed by atoms with Crippen molar-refractivity contribution in [1.29, 1.82) is 0 Å². The summed E-state index contributed by atoms with van der Waals surface area (Å²) < 4.78 is 2.16. The van der Waals surface area contributed by atoms with E-state index in [1.165, 1.54) is 44.2 Å². The van der Waals surface area contributed by atoms with Crippen molar-refractivity contribution >= 4 is 88.6 Å². The lowest BCUT2D eigenvalue weighted by atomic mass is 9.79. The Labute approximate surface area is 365 Å². The molecule has 0 saturated carbocycles. The van der Waals surface area contributed by atoms with Gasteiger partial charge in [0.1, 0.15) is 0 Å². The highest BCUT2D eigenvalue weighted by Gasteiger charge is 2.38. The Morgan fingerprint density at radius 2 is 1.07 bits per heavy atom. The number of rotatable bonds is 9. The number of fused-ring (bicyclic) bond motifs is 4. The molecule has 2 unspecified atom stereocenters. The summed E-state index contributed by atoms with van der Waals surface area (Å²) in [5, 5.41) is 41.4. The van der Waals surface area contributed by atoms with Crippen LogP contribution in [0.25, 0.3) is 33.0 Å². The lowest BCUT2D eigenvalue weighted by molar-refractivity contribution is -0.165. The number of carbonyl (C=O) groups is 4. The first-order valence-corrected chi connectivity index (χ1v) is 21.9. The standard InChI is InChI=1S/2C20H24BrN3O.C4H6O6/c2*1-4-11(2)22-20(25)12-8-14-13-6-5-7-16-18(13)15(19(21)23-16)9-17(14)24(3)10-12;5-1(3(7)8)2(6)4(9)10/h2*5-8,11-12,17,23H,4,9-10H2,1-3H3,(H,22,25);1-2,5-6H,(H,7,8)(H,9,10)/t2*11-,12-,17-;/m11./s1. The van der Waals surface area contributed by atoms with E-state index >= 15 is 0 Å². The highest BCUT2D eigenvalue weighted by Crippen LogP contribution is 2.45. The number of aliphatic hydroxyl groups is 2. The Morgan fingerprint density at radius 1 is 0.700 bits per heavy atom. The molecule has 0 fully saturated rings. The van der Waals surface area contributed by atoms with E-state index in [2.05, 4.69) is 153 Å². The third kappa shape index (κ3) is 9.14. The Balaban J connectivity index is 0.000000165. The normalized spacial score (nSPS) is 22.6. The molecule has 8 N–H and O–H groups in total. The average Bonchev–Trinajstić information content (AvgIpc) is 3.73. The number of likely N-dealkylation sites (N-methyl/N-ethyl adjacent to an activating group) is 2. The number of amides is 2. The molecule has 2 aromatic carbocycles. The molecule has 0 bridgehead atoms. The molecule has 14 nitrogen and oxygen atoms in total. The molecule has 4 heterocycles. The summed E-state index contributed by atoms with van der Waals surface area (Å²) >= 11 is 7.37. The third-order valence-electron chi connectivity index (χ3n) is 12.2. The highest BCUT2D eigenvalue weighted by molar-refractivity contribution is 9.10. The largest absolute Gasteiger partial charge is 0.479 e. The number of nitrogens with one attached hydrogen (secondary N) is 4. The summed E-state index contributed by atoms with van der Waals surface area (Å²) in [6.07, 6.45) is 3.73. The fraction of sp³-hybridized carbons (Fsp3) is 0.455. The number of carboxylic acid groups (broad SMARTS) is 2. The molecule has 8 atom stereocenters. The maximum Gasteiger partial charge on any atom is 0.335 e. The molecule has 322 valence electrons. The Morgan fingerprint density at radius 3 is 1.40 bits per heavy atom. The second-order valence-corrected chi connectivity index (χ2v) is 17.9. The summed E-state index contributed by atoms with van der Waals surface area (Å²) in [7, 11) is 4.26. The van der Waals surface area contributed by atoms with Gasteiger partial charge in [-0.3, -0.25) is 19.4 Å². The molecule has 2 aliphatic heterocycles. The number of halogens is 2. The van der Waals surface area contributed by atoms with Crippen molar-refractivity contribution in [2.75, 3.05) is 27.2 Å². The van der Waals surface area contributed by atoms with Crippen LogP contribution in [0.1, 0.15) is 62.8 Å². The van der Waals surface area contributed by atoms with Crippen molar-refractivity contribution in [3.8, 4) is 0 Å². The van der Waals surface area contributed by atoms with Crippen LogP contribution < -0.4 is 10.6 Å². The van der Waals surface area contributed by atoms with E-state index < -0.39 is 24.1 Å². The molecule has 4 aliphatic rings. The molecular formula is C44H54Br2N6O8. The van der Waals surface area contributed by atoms with E-state index in [1.54, 1.807) is 0 Å². The van der Waals surface area contributed by atoms with Crippen LogP contribution in [0.15, 0.2) is 57.8 Å². The summed E-state index contributed by atoms with van der Waals surface area (Å²) in [4.78, 5) is 56.5. The van der Waals surface area contributed by atoms with Crippen molar-refractivity contribution in [3.63, 3.8) is 0 Å². The van der Waals surface area contributed by atoms with Gasteiger partial charge in [-0.05, 0) is 131 Å². The van der Waals surface area contributed by atoms with E-state index in [4.69, 9.17) is 20.4 Å². The minimum Gasteiger partial charge on any atom is -0.479 e. The van der Waals surface area contributed by atoms with Crippen molar-refractivity contribution in [2.45, 2.75) is 89.8 Å². The van der Waals surface area contributed by atoms with E-state index in [-0.39, 0.29) is 35.7 Å². The van der Waals surface area contributed by atoms with Crippen LogP contribution in [0.2, 0.25) is 0 Å². The molecule has 16 heteroatoms. The zero-order chi connectivity index (χ0) is 43.7. The fourth-order valence-corrected chi connectivity index (χ4v) is 9.64. The maximum absolute atomic E-state index is 12.7. The molecule has 2 amide bonds. The monoisotopic (exact) mass is 952 g/mol. The first-order chi connectivity index (χ1) is 28.4. The summed E-state index contributed by atoms with van der Waals surface area (Å²) in [6, 6.07) is 13.9. The van der Waals surface area contributed by atoms with Gasteiger partial charge in [-0.2, -0.15) is 0 Å². The minimum absolute atomic E-state index is 0.0931. The number of benzene rings is 2. The second-order valence-electron chi connectivity index (χ2n) is 16.3. The van der Waals surface area contributed by atoms with Gasteiger partial charge in [-0.15, -0.1) is 0 Å². The van der Waals surface area contributed by atoms with Crippen LogP contribution in [0.4, 0.5) is 0 Å². The molecule has 0 radical (unpaired) electrons. The zero-order valence-corrected chi connectivity index (χ0v) is 37.7. The quantitative estimate of drug-likeness (QED) is 0.108. The van der Waals surface area contributed by atoms with Gasteiger partial charge < -0.3 is 41.0 Å². The van der Waals surface area contributed by atoms with Gasteiger partial charge >= 0.3 is 11.9 Å². The number of hydrogen-bond acceptors (Lipinski definition) is 8. The average molecular weight is 955 g/mol. The smallest absolute Gasteiger partial charge is 0.335 e. The predicted octanol–water partition coefficient (Wildman–Crippen LogP) is 5.31. The molecule has 2 aromatic heterocycles. The fourth-order valence-electron chi connectivity index (χ4n) is 8.49. The first-order valence-electron chi connectivity index (χ1n) is 20.3. The summed E-state index contributed by atoms with van der Waals surface area (Å²) in [5.74, 6) is -3.44. The van der Waals surface area contributed by atoms with Crippen molar-refractivity contribution in [3.05, 3.63) is 80.0 Å². The predicted molar refractivity (Wildman–Crippen MR) is 238 cm³/mol. The van der Waals surface area contributed by atoms with Crippen LogP contribution >= 0.6 is 31.9 Å². The Kier molecular flexibility index (Phi) is 14.1. The van der Waals surface area contributed by atoms with Crippen LogP contribution in [0.3, 0.4) is 0 Å². The molecule has 8 rings (SSSR count). The van der Waals surface area contributed by atoms with E-state index in [0.717, 1.165) is 59.0 Å². The molecular weight excluding hydrogens is 900 g/mol. The third-order valence-corrected chi connectivity index (χ3v) is 13.5. The van der Waals surface area contributed by atoms with Gasteiger partial charge in [-0.25, -0.2) is 9.59 Å². The number of carbonyl (C=O) groups excluding carboxylic acids is 2. The Bertz CT molecular complexity index is 2190. The van der Waals surface area contributed by atoms with Crippen LogP contribution in [-0.2, 0) is 32.0 Å². The molecule has 0 spiro atoms. The van der Waals surface area contributed by atoms with Crippen LogP contribution in [0, 0.1) is 11.8 Å². The first kappa shape index (κ1) is 45.2. The summed E-state index contributed by atoms with van der Waals surface area (Å²) in [6.45, 7) is 9.85. The number of hydrogen-bond donors (Lipinski definition) is 8. The van der Waals surface area contributed by atoms with Crippen LogP contribution in [-0.4, -0.2) is 128 Å². The topological polar surface area (TPSA) is 211 Å². The lowest BCUT2D eigenvalue weighted by Gasteiger charge is -2.39. The number of aromatic amines is 2. The highest BCUT2D eigenvalue weighted by atomic mass is 79.9. The van der Waals surface area contributed by atoms with Gasteiger partial charge in [0.15, 0.2) is 12.2 Å². The Hall–Kier alpha value is -4.32. The molecule has 4 aromatic rings. The molecule has 0 saturated heterocycles. The van der Waals surface area contributed by atoms with Gasteiger partial charge in [0.05, 0.1) is 21.0 Å². The number of carboxylic acids is 2.